The van der Waals surface area contributed by atoms with Crippen LogP contribution in [-0.4, -0.2) is 0 Å². The summed E-state index contributed by atoms with van der Waals surface area (Å²) in [5.41, 5.74) is 10.7. The lowest BCUT2D eigenvalue weighted by Gasteiger charge is -2.27. The van der Waals surface area contributed by atoms with Gasteiger partial charge in [0.25, 0.3) is 0 Å². The molecule has 0 aliphatic heterocycles. The van der Waals surface area contributed by atoms with Crippen LogP contribution in [0, 0.1) is 0 Å². The molecule has 0 bridgehead atoms. The van der Waals surface area contributed by atoms with Gasteiger partial charge in [0.1, 0.15) is 0 Å². The molecule has 0 aromatic heterocycles. The van der Waals surface area contributed by atoms with Crippen LogP contribution in [0.5, 0.6) is 0 Å². The molecule has 0 N–H and O–H groups in total. The minimum absolute atomic E-state index is 1.11. The van der Waals surface area contributed by atoms with Crippen molar-refractivity contribution in [2.24, 2.45) is 0 Å². The van der Waals surface area contributed by atoms with Crippen molar-refractivity contribution in [1.82, 2.24) is 0 Å². The maximum absolute atomic E-state index is 2.44. The van der Waals surface area contributed by atoms with Crippen LogP contribution >= 0.6 is 0 Å². The predicted molar refractivity (Wildman–Crippen MR) is 227 cm³/mol. The molecule has 0 amide bonds. The summed E-state index contributed by atoms with van der Waals surface area (Å²) in [6.07, 6.45) is 0. The van der Waals surface area contributed by atoms with E-state index in [1.54, 1.807) is 0 Å². The molecular formula is C52H35N. The van der Waals surface area contributed by atoms with Gasteiger partial charge in [0.05, 0.1) is 5.69 Å². The second-order valence-electron chi connectivity index (χ2n) is 13.6. The standard InChI is InChI=1S/C52H35N/c1-4-17-37(18-5-1)47-35-48(51-45-28-14-12-26-43(45)44-27-13-15-29-46(44)52(51)50(47)39-20-6-2-7-21-39)38-31-33-41(34-32-38)53(40-23-8-3-9-24-40)49-30-16-22-36-19-10-11-25-42(36)49/h1-35H. The first-order chi connectivity index (χ1) is 26.3. The highest BCUT2D eigenvalue weighted by atomic mass is 15.1. The fourth-order valence-electron chi connectivity index (χ4n) is 8.28. The second-order valence-corrected chi connectivity index (χ2v) is 13.6. The van der Waals surface area contributed by atoms with Crippen LogP contribution in [0.2, 0.25) is 0 Å². The van der Waals surface area contributed by atoms with Gasteiger partial charge in [0.15, 0.2) is 0 Å². The molecule has 0 heterocycles. The third-order valence-electron chi connectivity index (χ3n) is 10.6. The van der Waals surface area contributed by atoms with Gasteiger partial charge in [0, 0.05) is 16.8 Å². The third kappa shape index (κ3) is 5.25. The lowest BCUT2D eigenvalue weighted by atomic mass is 9.81. The van der Waals surface area contributed by atoms with Crippen molar-refractivity contribution in [3.8, 4) is 33.4 Å². The van der Waals surface area contributed by atoms with E-state index in [9.17, 15) is 0 Å². The maximum atomic E-state index is 2.44. The summed E-state index contributed by atoms with van der Waals surface area (Å²) in [7, 11) is 0. The molecule has 0 radical (unpaired) electrons. The molecule has 10 rings (SSSR count). The van der Waals surface area contributed by atoms with Gasteiger partial charge in [-0.05, 0) is 107 Å². The van der Waals surface area contributed by atoms with Crippen LogP contribution < -0.4 is 4.90 Å². The van der Waals surface area contributed by atoms with E-state index in [-0.39, 0.29) is 0 Å². The van der Waals surface area contributed by atoms with E-state index in [0.29, 0.717) is 0 Å². The first-order valence-corrected chi connectivity index (χ1v) is 18.3. The molecule has 0 saturated heterocycles. The highest BCUT2D eigenvalue weighted by Crippen LogP contribution is 2.49. The Kier molecular flexibility index (Phi) is 7.55. The summed E-state index contributed by atoms with van der Waals surface area (Å²) in [5, 5.41) is 10.1. The SMILES string of the molecule is c1ccc(-c2cc(-c3ccc(N(c4ccccc4)c4cccc5ccccc45)cc3)c3c4ccccc4c4ccccc4c3c2-c2ccccc2)cc1. The van der Waals surface area contributed by atoms with Crippen molar-refractivity contribution in [2.45, 2.75) is 0 Å². The normalized spacial score (nSPS) is 11.4. The zero-order valence-electron chi connectivity index (χ0n) is 29.2. The van der Waals surface area contributed by atoms with E-state index in [1.165, 1.54) is 76.5 Å². The highest BCUT2D eigenvalue weighted by Gasteiger charge is 2.22. The molecular weight excluding hydrogens is 639 g/mol. The van der Waals surface area contributed by atoms with Crippen molar-refractivity contribution in [3.63, 3.8) is 0 Å². The van der Waals surface area contributed by atoms with Gasteiger partial charge in [-0.3, -0.25) is 0 Å². The summed E-state index contributed by atoms with van der Waals surface area (Å²) < 4.78 is 0. The molecule has 10 aromatic carbocycles. The summed E-state index contributed by atoms with van der Waals surface area (Å²) in [5.74, 6) is 0. The monoisotopic (exact) mass is 673 g/mol. The van der Waals surface area contributed by atoms with E-state index in [1.807, 2.05) is 0 Å². The zero-order chi connectivity index (χ0) is 35.1. The lowest BCUT2D eigenvalue weighted by molar-refractivity contribution is 1.30. The Labute approximate surface area is 309 Å². The predicted octanol–water partition coefficient (Wildman–Crippen LogP) is 14.8. The van der Waals surface area contributed by atoms with E-state index in [0.717, 1.165) is 17.1 Å². The Hall–Kier alpha value is -6.96. The zero-order valence-corrected chi connectivity index (χ0v) is 29.2. The van der Waals surface area contributed by atoms with Crippen molar-refractivity contribution in [2.75, 3.05) is 4.90 Å². The second kappa shape index (κ2) is 13.0. The number of fused-ring (bicyclic) bond motifs is 7. The minimum atomic E-state index is 1.11. The quantitative estimate of drug-likeness (QED) is 0.159. The number of anilines is 3. The van der Waals surface area contributed by atoms with Crippen molar-refractivity contribution in [3.05, 3.63) is 212 Å². The first kappa shape index (κ1) is 30.8. The molecule has 248 valence electrons. The Balaban J connectivity index is 1.28. The van der Waals surface area contributed by atoms with Gasteiger partial charge < -0.3 is 4.90 Å². The molecule has 1 heteroatoms. The van der Waals surface area contributed by atoms with Crippen LogP contribution in [-0.2, 0) is 0 Å². The number of nitrogens with zero attached hydrogens (tertiary/aromatic N) is 1. The first-order valence-electron chi connectivity index (χ1n) is 18.3. The number of para-hydroxylation sites is 1. The van der Waals surface area contributed by atoms with Crippen LogP contribution in [0.25, 0.3) is 76.5 Å². The summed E-state index contributed by atoms with van der Waals surface area (Å²) in [6, 6.07) is 77.2. The van der Waals surface area contributed by atoms with Crippen LogP contribution in [0.15, 0.2) is 212 Å². The largest absolute Gasteiger partial charge is 0.310 e. The highest BCUT2D eigenvalue weighted by molar-refractivity contribution is 6.33. The van der Waals surface area contributed by atoms with E-state index in [4.69, 9.17) is 0 Å². The van der Waals surface area contributed by atoms with Gasteiger partial charge in [-0.25, -0.2) is 0 Å². The summed E-state index contributed by atoms with van der Waals surface area (Å²) >= 11 is 0. The van der Waals surface area contributed by atoms with Crippen molar-refractivity contribution < 1.29 is 0 Å². The molecule has 1 nitrogen and oxygen atoms in total. The maximum Gasteiger partial charge on any atom is 0.0540 e. The average Bonchev–Trinajstić information content (AvgIpc) is 3.24. The van der Waals surface area contributed by atoms with Crippen molar-refractivity contribution >= 4 is 60.2 Å². The van der Waals surface area contributed by atoms with Crippen LogP contribution in [0.3, 0.4) is 0 Å². The third-order valence-corrected chi connectivity index (χ3v) is 10.6. The Morgan fingerprint density at radius 2 is 0.755 bits per heavy atom. The molecule has 0 aliphatic rings. The van der Waals surface area contributed by atoms with Gasteiger partial charge in [-0.15, -0.1) is 0 Å². The average molecular weight is 674 g/mol. The van der Waals surface area contributed by atoms with E-state index >= 15 is 0 Å². The molecule has 0 unspecified atom stereocenters. The Morgan fingerprint density at radius 3 is 1.42 bits per heavy atom. The van der Waals surface area contributed by atoms with E-state index < -0.39 is 0 Å². The molecule has 10 aromatic rings. The molecule has 0 aliphatic carbocycles. The lowest BCUT2D eigenvalue weighted by Crippen LogP contribution is -2.10. The number of hydrogen-bond donors (Lipinski definition) is 0. The number of hydrogen-bond acceptors (Lipinski definition) is 1. The minimum Gasteiger partial charge on any atom is -0.310 e. The molecule has 0 atom stereocenters. The molecule has 0 spiro atoms. The van der Waals surface area contributed by atoms with Crippen molar-refractivity contribution in [1.29, 1.82) is 0 Å². The van der Waals surface area contributed by atoms with Gasteiger partial charge in [-0.1, -0.05) is 176 Å². The van der Waals surface area contributed by atoms with Gasteiger partial charge in [0.2, 0.25) is 0 Å². The fraction of sp³-hybridized carbons (Fsp3) is 0. The Bertz CT molecular complexity index is 2910. The van der Waals surface area contributed by atoms with Gasteiger partial charge >= 0.3 is 0 Å². The van der Waals surface area contributed by atoms with E-state index in [2.05, 4.69) is 217 Å². The molecule has 53 heavy (non-hydrogen) atoms. The topological polar surface area (TPSA) is 3.24 Å². The van der Waals surface area contributed by atoms with Gasteiger partial charge in [-0.2, -0.15) is 0 Å². The fourth-order valence-corrected chi connectivity index (χ4v) is 8.28. The molecule has 0 fully saturated rings. The Morgan fingerprint density at radius 1 is 0.283 bits per heavy atom. The summed E-state index contributed by atoms with van der Waals surface area (Å²) in [4.78, 5) is 2.38. The smallest absolute Gasteiger partial charge is 0.0540 e. The number of rotatable bonds is 6. The number of benzene rings is 10. The molecule has 0 saturated carbocycles. The van der Waals surface area contributed by atoms with Crippen LogP contribution in [0.4, 0.5) is 17.1 Å². The van der Waals surface area contributed by atoms with Crippen LogP contribution in [0.1, 0.15) is 0 Å². The summed E-state index contributed by atoms with van der Waals surface area (Å²) in [6.45, 7) is 0.